The van der Waals surface area contributed by atoms with Crippen molar-refractivity contribution < 1.29 is 14.0 Å². The van der Waals surface area contributed by atoms with Crippen LogP contribution < -0.4 is 0 Å². The lowest BCUT2D eigenvalue weighted by atomic mass is 10.1. The van der Waals surface area contributed by atoms with Crippen molar-refractivity contribution in [3.8, 4) is 0 Å². The highest BCUT2D eigenvalue weighted by molar-refractivity contribution is 6.02. The predicted octanol–water partition coefficient (Wildman–Crippen LogP) is 1.60. The van der Waals surface area contributed by atoms with Crippen LogP contribution in [0.5, 0.6) is 0 Å². The van der Waals surface area contributed by atoms with E-state index in [9.17, 15) is 14.0 Å². The quantitative estimate of drug-likeness (QED) is 0.388. The van der Waals surface area contributed by atoms with Gasteiger partial charge in [0, 0.05) is 5.56 Å². The lowest BCUT2D eigenvalue weighted by molar-refractivity contribution is -0.107. The highest BCUT2D eigenvalue weighted by Gasteiger charge is 2.04. The number of benzene rings is 1. The second kappa shape index (κ2) is 3.76. The van der Waals surface area contributed by atoms with E-state index in [1.165, 1.54) is 18.2 Å². The highest BCUT2D eigenvalue weighted by atomic mass is 19.1. The van der Waals surface area contributed by atoms with E-state index in [2.05, 4.69) is 0 Å². The predicted molar refractivity (Wildman–Crippen MR) is 41.4 cm³/mol. The standard InChI is InChI=1S/C9H7FO2/c10-8-3-1-2-7(6-8)9(12)4-5-11/h1-3,5-6H,4H2. The van der Waals surface area contributed by atoms with Crippen molar-refractivity contribution in [2.75, 3.05) is 0 Å². The van der Waals surface area contributed by atoms with Gasteiger partial charge in [-0.05, 0) is 12.1 Å². The lowest BCUT2D eigenvalue weighted by Gasteiger charge is -1.95. The molecule has 0 aliphatic heterocycles. The van der Waals surface area contributed by atoms with Gasteiger partial charge in [-0.15, -0.1) is 0 Å². The molecule has 1 aromatic rings. The largest absolute Gasteiger partial charge is 0.303 e. The number of carbonyl (C=O) groups is 2. The van der Waals surface area contributed by atoms with Crippen LogP contribution in [0.3, 0.4) is 0 Å². The lowest BCUT2D eigenvalue weighted by Crippen LogP contribution is -1.99. The SMILES string of the molecule is O=CCC(=O)c1cccc(F)c1. The Balaban J connectivity index is 2.87. The molecule has 1 rings (SSSR count). The Morgan fingerprint density at radius 3 is 2.83 bits per heavy atom. The van der Waals surface area contributed by atoms with Gasteiger partial charge in [0.1, 0.15) is 12.1 Å². The molecule has 62 valence electrons. The molecular weight excluding hydrogens is 159 g/mol. The Morgan fingerprint density at radius 2 is 2.25 bits per heavy atom. The second-order valence-corrected chi connectivity index (χ2v) is 2.30. The first-order valence-electron chi connectivity index (χ1n) is 3.46. The first kappa shape index (κ1) is 8.59. The number of hydrogen-bond acceptors (Lipinski definition) is 2. The smallest absolute Gasteiger partial charge is 0.170 e. The molecule has 0 aliphatic rings. The topological polar surface area (TPSA) is 34.1 Å². The summed E-state index contributed by atoms with van der Waals surface area (Å²) in [5.41, 5.74) is 0.238. The van der Waals surface area contributed by atoms with E-state index in [0.29, 0.717) is 6.29 Å². The molecule has 0 aliphatic carbocycles. The van der Waals surface area contributed by atoms with E-state index in [1.54, 1.807) is 0 Å². The monoisotopic (exact) mass is 166 g/mol. The molecule has 0 spiro atoms. The number of rotatable bonds is 3. The maximum Gasteiger partial charge on any atom is 0.170 e. The van der Waals surface area contributed by atoms with Crippen LogP contribution in [0.4, 0.5) is 4.39 Å². The van der Waals surface area contributed by atoms with Crippen LogP contribution in [0, 0.1) is 5.82 Å². The Morgan fingerprint density at radius 1 is 1.50 bits per heavy atom. The summed E-state index contributed by atoms with van der Waals surface area (Å²) < 4.78 is 12.5. The van der Waals surface area contributed by atoms with Gasteiger partial charge in [0.05, 0.1) is 6.42 Å². The molecule has 0 fully saturated rings. The van der Waals surface area contributed by atoms with Gasteiger partial charge in [-0.25, -0.2) is 4.39 Å². The molecule has 0 heterocycles. The van der Waals surface area contributed by atoms with Crippen molar-refractivity contribution in [2.45, 2.75) is 6.42 Å². The molecule has 0 aromatic heterocycles. The Labute approximate surface area is 69.0 Å². The zero-order valence-electron chi connectivity index (χ0n) is 6.29. The summed E-state index contributed by atoms with van der Waals surface area (Å²) in [5.74, 6) is -0.823. The molecule has 3 heteroatoms. The fourth-order valence-corrected chi connectivity index (χ4v) is 0.855. The Bertz CT molecular complexity index is 307. The number of halogens is 1. The molecule has 0 bridgehead atoms. The summed E-state index contributed by atoms with van der Waals surface area (Å²) in [6.45, 7) is 0. The van der Waals surface area contributed by atoms with Crippen LogP contribution in [0.1, 0.15) is 16.8 Å². The highest BCUT2D eigenvalue weighted by Crippen LogP contribution is 2.05. The summed E-state index contributed by atoms with van der Waals surface area (Å²) in [4.78, 5) is 21.0. The van der Waals surface area contributed by atoms with Crippen LogP contribution >= 0.6 is 0 Å². The minimum absolute atomic E-state index is 0.191. The molecule has 0 radical (unpaired) electrons. The van der Waals surface area contributed by atoms with E-state index in [4.69, 9.17) is 0 Å². The van der Waals surface area contributed by atoms with Crippen molar-refractivity contribution in [1.82, 2.24) is 0 Å². The van der Waals surface area contributed by atoms with Crippen LogP contribution in [-0.4, -0.2) is 12.1 Å². The van der Waals surface area contributed by atoms with E-state index in [-0.39, 0.29) is 17.8 Å². The number of Topliss-reactive ketones (excluding diaryl/α,β-unsaturated/α-hetero) is 1. The average Bonchev–Trinajstić information content (AvgIpc) is 2.05. The maximum absolute atomic E-state index is 12.5. The fraction of sp³-hybridized carbons (Fsp3) is 0.111. The Kier molecular flexibility index (Phi) is 2.69. The first-order valence-corrected chi connectivity index (χ1v) is 3.46. The van der Waals surface area contributed by atoms with Gasteiger partial charge in [0.15, 0.2) is 5.78 Å². The molecule has 0 saturated carbocycles. The summed E-state index contributed by atoms with van der Waals surface area (Å²) in [7, 11) is 0. The number of ketones is 1. The van der Waals surface area contributed by atoms with Crippen molar-refractivity contribution in [1.29, 1.82) is 0 Å². The summed E-state index contributed by atoms with van der Waals surface area (Å²) in [6.07, 6.45) is 0.316. The summed E-state index contributed by atoms with van der Waals surface area (Å²) in [5, 5.41) is 0. The molecule has 0 unspecified atom stereocenters. The van der Waals surface area contributed by atoms with Crippen LogP contribution in [0.2, 0.25) is 0 Å². The van der Waals surface area contributed by atoms with Crippen molar-refractivity contribution in [3.05, 3.63) is 35.6 Å². The van der Waals surface area contributed by atoms with Gasteiger partial charge >= 0.3 is 0 Å². The summed E-state index contributed by atoms with van der Waals surface area (Å²) in [6, 6.07) is 5.28. The molecule has 0 amide bonds. The van der Waals surface area contributed by atoms with Crippen molar-refractivity contribution in [3.63, 3.8) is 0 Å². The third-order valence-corrected chi connectivity index (χ3v) is 1.42. The number of carbonyl (C=O) groups excluding carboxylic acids is 2. The van der Waals surface area contributed by atoms with Gasteiger partial charge < -0.3 is 4.79 Å². The average molecular weight is 166 g/mol. The first-order chi connectivity index (χ1) is 5.74. The number of aldehydes is 1. The van der Waals surface area contributed by atoms with Gasteiger partial charge in [0.25, 0.3) is 0 Å². The molecule has 2 nitrogen and oxygen atoms in total. The molecule has 1 aromatic carbocycles. The third-order valence-electron chi connectivity index (χ3n) is 1.42. The molecular formula is C9H7FO2. The zero-order chi connectivity index (χ0) is 8.97. The van der Waals surface area contributed by atoms with Crippen molar-refractivity contribution >= 4 is 12.1 Å². The molecule has 0 saturated heterocycles. The van der Waals surface area contributed by atoms with Gasteiger partial charge in [-0.1, -0.05) is 12.1 Å². The van der Waals surface area contributed by atoms with Crippen LogP contribution in [0.25, 0.3) is 0 Å². The molecule has 0 N–H and O–H groups in total. The van der Waals surface area contributed by atoms with E-state index >= 15 is 0 Å². The van der Waals surface area contributed by atoms with Gasteiger partial charge in [0.2, 0.25) is 0 Å². The Hall–Kier alpha value is -1.51. The summed E-state index contributed by atoms with van der Waals surface area (Å²) >= 11 is 0. The van der Waals surface area contributed by atoms with Crippen molar-refractivity contribution in [2.24, 2.45) is 0 Å². The fourth-order valence-electron chi connectivity index (χ4n) is 0.855. The minimum Gasteiger partial charge on any atom is -0.303 e. The second-order valence-electron chi connectivity index (χ2n) is 2.30. The van der Waals surface area contributed by atoms with Gasteiger partial charge in [-0.2, -0.15) is 0 Å². The zero-order valence-corrected chi connectivity index (χ0v) is 6.29. The third kappa shape index (κ3) is 1.99. The maximum atomic E-state index is 12.5. The van der Waals surface area contributed by atoms with Crippen LogP contribution in [-0.2, 0) is 4.79 Å². The van der Waals surface area contributed by atoms with Gasteiger partial charge in [-0.3, -0.25) is 4.79 Å². The van der Waals surface area contributed by atoms with E-state index in [1.807, 2.05) is 0 Å². The normalized spacial score (nSPS) is 9.42. The van der Waals surface area contributed by atoms with E-state index < -0.39 is 5.82 Å². The molecule has 0 atom stereocenters. The molecule has 12 heavy (non-hydrogen) atoms. The minimum atomic E-state index is -0.466. The van der Waals surface area contributed by atoms with Crippen LogP contribution in [0.15, 0.2) is 24.3 Å². The van der Waals surface area contributed by atoms with E-state index in [0.717, 1.165) is 6.07 Å². The number of hydrogen-bond donors (Lipinski definition) is 0.